The lowest BCUT2D eigenvalue weighted by Gasteiger charge is -2.18. The van der Waals surface area contributed by atoms with Gasteiger partial charge < -0.3 is 10.6 Å². The van der Waals surface area contributed by atoms with Gasteiger partial charge >= 0.3 is 0 Å². The highest BCUT2D eigenvalue weighted by molar-refractivity contribution is 6.34. The number of nitrogen functional groups attached to an aromatic ring is 1. The van der Waals surface area contributed by atoms with Crippen LogP contribution >= 0.6 is 23.2 Å². The highest BCUT2D eigenvalue weighted by Gasteiger charge is 2.30. The molecule has 1 unspecified atom stereocenters. The molecule has 1 aromatic carbocycles. The second kappa shape index (κ2) is 3.91. The molecule has 1 aromatic rings. The highest BCUT2D eigenvalue weighted by atomic mass is 35.5. The number of carbonyl (C=O) groups is 1. The smallest absolute Gasteiger partial charge is 0.228 e. The summed E-state index contributed by atoms with van der Waals surface area (Å²) in [5.74, 6) is -0.0102. The fourth-order valence-corrected chi connectivity index (χ4v) is 2.10. The summed E-state index contributed by atoms with van der Waals surface area (Å²) in [6, 6.07) is 5.23. The van der Waals surface area contributed by atoms with Crippen LogP contribution in [0.4, 0.5) is 11.4 Å². The zero-order valence-corrected chi connectivity index (χ0v) is 9.42. The van der Waals surface area contributed by atoms with Gasteiger partial charge in [0.15, 0.2) is 0 Å². The van der Waals surface area contributed by atoms with Crippen LogP contribution < -0.4 is 10.6 Å². The molecule has 0 radical (unpaired) electrons. The van der Waals surface area contributed by atoms with Crippen molar-refractivity contribution in [1.82, 2.24) is 0 Å². The minimum atomic E-state index is -0.143. The van der Waals surface area contributed by atoms with E-state index >= 15 is 0 Å². The predicted octanol–water partition coefficient (Wildman–Crippen LogP) is 2.27. The van der Waals surface area contributed by atoms with E-state index in [0.29, 0.717) is 29.4 Å². The van der Waals surface area contributed by atoms with E-state index in [2.05, 4.69) is 0 Å². The molecular formula is C10H10Cl2N2O. The number of nitrogens with zero attached hydrogens (tertiary/aromatic N) is 1. The number of benzene rings is 1. The molecule has 1 fully saturated rings. The van der Waals surface area contributed by atoms with Gasteiger partial charge in [0.25, 0.3) is 0 Å². The van der Waals surface area contributed by atoms with Crippen molar-refractivity contribution < 1.29 is 4.79 Å². The third kappa shape index (κ3) is 1.90. The van der Waals surface area contributed by atoms with Crippen molar-refractivity contribution in [3.8, 4) is 0 Å². The van der Waals surface area contributed by atoms with Crippen LogP contribution in [0, 0.1) is 0 Å². The third-order valence-electron chi connectivity index (χ3n) is 2.40. The minimum absolute atomic E-state index is 0.0102. The van der Waals surface area contributed by atoms with Crippen LogP contribution in [0.3, 0.4) is 0 Å². The summed E-state index contributed by atoms with van der Waals surface area (Å²) >= 11 is 11.8. The Kier molecular flexibility index (Phi) is 2.76. The molecule has 0 bridgehead atoms. The Hall–Kier alpha value is -0.930. The Morgan fingerprint density at radius 2 is 2.20 bits per heavy atom. The molecule has 1 heterocycles. The van der Waals surface area contributed by atoms with E-state index in [1.54, 1.807) is 23.1 Å². The number of hydrogen-bond acceptors (Lipinski definition) is 2. The van der Waals surface area contributed by atoms with E-state index in [9.17, 15) is 4.79 Å². The molecule has 1 amide bonds. The van der Waals surface area contributed by atoms with Crippen molar-refractivity contribution in [2.75, 3.05) is 17.2 Å². The maximum atomic E-state index is 11.6. The van der Waals surface area contributed by atoms with Gasteiger partial charge in [0.1, 0.15) is 0 Å². The Morgan fingerprint density at radius 1 is 1.47 bits per heavy atom. The van der Waals surface area contributed by atoms with Gasteiger partial charge in [0, 0.05) is 13.0 Å². The van der Waals surface area contributed by atoms with Crippen LogP contribution in [0.25, 0.3) is 0 Å². The monoisotopic (exact) mass is 244 g/mol. The predicted molar refractivity (Wildman–Crippen MR) is 62.5 cm³/mol. The number of halogens is 2. The fourth-order valence-electron chi connectivity index (χ4n) is 1.66. The van der Waals surface area contributed by atoms with Crippen LogP contribution in [0.5, 0.6) is 0 Å². The summed E-state index contributed by atoms with van der Waals surface area (Å²) in [5, 5.41) is 0.314. The van der Waals surface area contributed by atoms with Gasteiger partial charge in [-0.05, 0) is 12.1 Å². The Morgan fingerprint density at radius 3 is 2.80 bits per heavy atom. The maximum absolute atomic E-state index is 11.6. The average molecular weight is 245 g/mol. The van der Waals surface area contributed by atoms with Crippen molar-refractivity contribution >= 4 is 40.5 Å². The van der Waals surface area contributed by atoms with E-state index in [0.717, 1.165) is 0 Å². The van der Waals surface area contributed by atoms with Gasteiger partial charge in [-0.1, -0.05) is 17.7 Å². The van der Waals surface area contributed by atoms with Gasteiger partial charge in [-0.2, -0.15) is 0 Å². The molecule has 0 saturated carbocycles. The van der Waals surface area contributed by atoms with Crippen molar-refractivity contribution in [3.05, 3.63) is 23.2 Å². The molecule has 15 heavy (non-hydrogen) atoms. The van der Waals surface area contributed by atoms with E-state index in [4.69, 9.17) is 28.9 Å². The number of rotatable bonds is 1. The number of amides is 1. The Balaban J connectivity index is 2.38. The largest absolute Gasteiger partial charge is 0.396 e. The number of carbonyl (C=O) groups excluding carboxylic acids is 1. The van der Waals surface area contributed by atoms with E-state index < -0.39 is 0 Å². The highest BCUT2D eigenvalue weighted by Crippen LogP contribution is 2.33. The molecule has 1 saturated heterocycles. The summed E-state index contributed by atoms with van der Waals surface area (Å²) in [4.78, 5) is 13.2. The first kappa shape index (κ1) is 10.6. The topological polar surface area (TPSA) is 46.3 Å². The molecule has 5 heteroatoms. The molecule has 1 aliphatic heterocycles. The molecule has 2 rings (SSSR count). The quantitative estimate of drug-likeness (QED) is 0.609. The Bertz CT molecular complexity index is 408. The number of para-hydroxylation sites is 1. The normalized spacial score (nSPS) is 21.1. The SMILES string of the molecule is Nc1c(Cl)cccc1N1CC(Cl)CC1=O. The van der Waals surface area contributed by atoms with Crippen LogP contribution in [0.1, 0.15) is 6.42 Å². The second-order valence-electron chi connectivity index (χ2n) is 3.48. The average Bonchev–Trinajstić information content (AvgIpc) is 2.50. The summed E-state index contributed by atoms with van der Waals surface area (Å²) < 4.78 is 0. The molecule has 1 atom stereocenters. The van der Waals surface area contributed by atoms with Crippen molar-refractivity contribution in [2.45, 2.75) is 11.8 Å². The first-order valence-corrected chi connectivity index (χ1v) is 5.39. The van der Waals surface area contributed by atoms with Gasteiger partial charge in [0.05, 0.1) is 21.8 Å². The fraction of sp³-hybridized carbons (Fsp3) is 0.300. The van der Waals surface area contributed by atoms with Crippen molar-refractivity contribution in [1.29, 1.82) is 0 Å². The third-order valence-corrected chi connectivity index (χ3v) is 3.02. The van der Waals surface area contributed by atoms with Crippen LogP contribution in [-0.2, 0) is 4.79 Å². The van der Waals surface area contributed by atoms with Crippen molar-refractivity contribution in [2.24, 2.45) is 0 Å². The van der Waals surface area contributed by atoms with Crippen molar-refractivity contribution in [3.63, 3.8) is 0 Å². The molecular weight excluding hydrogens is 235 g/mol. The maximum Gasteiger partial charge on any atom is 0.228 e. The minimum Gasteiger partial charge on any atom is -0.396 e. The molecule has 80 valence electrons. The summed E-state index contributed by atoms with van der Waals surface area (Å²) in [6.07, 6.45) is 0.355. The molecule has 1 aliphatic rings. The van der Waals surface area contributed by atoms with E-state index in [1.807, 2.05) is 0 Å². The second-order valence-corrected chi connectivity index (χ2v) is 4.50. The zero-order chi connectivity index (χ0) is 11.0. The van der Waals surface area contributed by atoms with E-state index in [1.165, 1.54) is 0 Å². The number of anilines is 2. The number of nitrogens with two attached hydrogens (primary N) is 1. The summed E-state index contributed by atoms with van der Waals surface area (Å²) in [7, 11) is 0. The molecule has 0 aliphatic carbocycles. The van der Waals surface area contributed by atoms with E-state index in [-0.39, 0.29) is 11.3 Å². The lowest BCUT2D eigenvalue weighted by molar-refractivity contribution is -0.117. The van der Waals surface area contributed by atoms with Gasteiger partial charge in [-0.15, -0.1) is 11.6 Å². The molecule has 2 N–H and O–H groups in total. The summed E-state index contributed by atoms with van der Waals surface area (Å²) in [6.45, 7) is 0.491. The molecule has 3 nitrogen and oxygen atoms in total. The van der Waals surface area contributed by atoms with Gasteiger partial charge in [-0.3, -0.25) is 4.79 Å². The van der Waals surface area contributed by atoms with Crippen LogP contribution in [-0.4, -0.2) is 17.8 Å². The number of hydrogen-bond donors (Lipinski definition) is 1. The zero-order valence-electron chi connectivity index (χ0n) is 7.91. The van der Waals surface area contributed by atoms with Gasteiger partial charge in [0.2, 0.25) is 5.91 Å². The lowest BCUT2D eigenvalue weighted by Crippen LogP contribution is -2.25. The standard InChI is InChI=1S/C10H10Cl2N2O/c11-6-4-9(15)14(5-6)8-3-1-2-7(12)10(8)13/h1-3,6H,4-5,13H2. The Labute approximate surface area is 97.8 Å². The lowest BCUT2D eigenvalue weighted by atomic mass is 10.2. The number of alkyl halides is 1. The molecule has 0 spiro atoms. The molecule has 0 aromatic heterocycles. The van der Waals surface area contributed by atoms with Crippen LogP contribution in [0.15, 0.2) is 18.2 Å². The summed E-state index contributed by atoms with van der Waals surface area (Å²) in [5.41, 5.74) is 6.88. The first-order chi connectivity index (χ1) is 7.09. The first-order valence-electron chi connectivity index (χ1n) is 4.58. The van der Waals surface area contributed by atoms with Gasteiger partial charge in [-0.25, -0.2) is 0 Å². The van der Waals surface area contributed by atoms with Crippen LogP contribution in [0.2, 0.25) is 5.02 Å².